The van der Waals surface area contributed by atoms with Crippen molar-refractivity contribution in [3.8, 4) is 0 Å². The van der Waals surface area contributed by atoms with E-state index in [0.29, 0.717) is 5.92 Å². The molecule has 2 rings (SSSR count). The Hall–Kier alpha value is -1.56. The molecule has 0 amide bonds. The van der Waals surface area contributed by atoms with E-state index in [2.05, 4.69) is 83.1 Å². The minimum atomic E-state index is 0.704. The average molecular weight is 268 g/mol. The number of hydrogen-bond donors (Lipinski definition) is 0. The van der Waals surface area contributed by atoms with Crippen LogP contribution < -0.4 is 0 Å². The van der Waals surface area contributed by atoms with E-state index in [-0.39, 0.29) is 0 Å². The van der Waals surface area contributed by atoms with Crippen LogP contribution in [0.25, 0.3) is 0 Å². The Morgan fingerprint density at radius 3 is 1.95 bits per heavy atom. The summed E-state index contributed by atoms with van der Waals surface area (Å²) in [5.41, 5.74) is 5.58. The Morgan fingerprint density at radius 1 is 0.850 bits per heavy atom. The minimum absolute atomic E-state index is 0.704. The molecular formula is C20H28. The second-order valence-corrected chi connectivity index (χ2v) is 5.56. The molecule has 1 atom stereocenters. The van der Waals surface area contributed by atoms with Gasteiger partial charge in [0.25, 0.3) is 0 Å². The van der Waals surface area contributed by atoms with Gasteiger partial charge in [-0.2, -0.15) is 0 Å². The Kier molecular flexibility index (Phi) is 7.08. The third kappa shape index (κ3) is 5.61. The lowest BCUT2D eigenvalue weighted by atomic mass is 9.98. The van der Waals surface area contributed by atoms with Gasteiger partial charge in [0, 0.05) is 0 Å². The topological polar surface area (TPSA) is 0 Å². The molecule has 2 aromatic carbocycles. The predicted molar refractivity (Wildman–Crippen MR) is 90.4 cm³/mol. The maximum absolute atomic E-state index is 2.27. The van der Waals surface area contributed by atoms with Gasteiger partial charge in [0.15, 0.2) is 0 Å². The fourth-order valence-electron chi connectivity index (χ4n) is 2.06. The van der Waals surface area contributed by atoms with E-state index in [9.17, 15) is 0 Å². The molecule has 0 fully saturated rings. The van der Waals surface area contributed by atoms with Crippen molar-refractivity contribution in [1.29, 1.82) is 0 Å². The summed E-state index contributed by atoms with van der Waals surface area (Å²) in [6.45, 7) is 10.9. The molecule has 0 bridgehead atoms. The fraction of sp³-hybridized carbons (Fsp3) is 0.400. The van der Waals surface area contributed by atoms with Gasteiger partial charge in [0.2, 0.25) is 0 Å². The van der Waals surface area contributed by atoms with Crippen molar-refractivity contribution in [3.05, 3.63) is 70.8 Å². The van der Waals surface area contributed by atoms with Gasteiger partial charge in [-0.15, -0.1) is 0 Å². The predicted octanol–water partition coefficient (Wildman–Crippen LogP) is 6.07. The van der Waals surface area contributed by atoms with E-state index >= 15 is 0 Å². The van der Waals surface area contributed by atoms with Crippen LogP contribution in [0.2, 0.25) is 0 Å². The van der Waals surface area contributed by atoms with E-state index in [1.54, 1.807) is 0 Å². The summed E-state index contributed by atoms with van der Waals surface area (Å²) >= 11 is 0. The van der Waals surface area contributed by atoms with Gasteiger partial charge in [0.1, 0.15) is 0 Å². The molecule has 0 aliphatic heterocycles. The standard InChI is InChI=1S/C11H16.C9H12/c1-4-10(3)11-7-5-9(2)6-8-11;1-3-9-6-4-5-8(2)7-9/h5-8,10H,4H2,1-3H3;4-7H,3H2,1-2H3. The zero-order valence-corrected chi connectivity index (χ0v) is 13.6. The molecule has 0 N–H and O–H groups in total. The lowest BCUT2D eigenvalue weighted by Crippen LogP contribution is -1.89. The van der Waals surface area contributed by atoms with Gasteiger partial charge < -0.3 is 0 Å². The number of aryl methyl sites for hydroxylation is 3. The second-order valence-electron chi connectivity index (χ2n) is 5.56. The molecule has 0 aliphatic rings. The van der Waals surface area contributed by atoms with E-state index < -0.39 is 0 Å². The molecule has 0 saturated heterocycles. The molecule has 20 heavy (non-hydrogen) atoms. The molecule has 0 heterocycles. The normalized spacial score (nSPS) is 11.4. The third-order valence-electron chi connectivity index (χ3n) is 3.75. The van der Waals surface area contributed by atoms with Crippen LogP contribution in [-0.4, -0.2) is 0 Å². The average Bonchev–Trinajstić information content (AvgIpc) is 2.48. The monoisotopic (exact) mass is 268 g/mol. The van der Waals surface area contributed by atoms with Gasteiger partial charge in [-0.05, 0) is 43.7 Å². The molecule has 0 radical (unpaired) electrons. The Bertz CT molecular complexity index is 494. The lowest BCUT2D eigenvalue weighted by Gasteiger charge is -2.07. The Balaban J connectivity index is 0.000000204. The maximum Gasteiger partial charge on any atom is -0.0193 e. The highest BCUT2D eigenvalue weighted by atomic mass is 14.1. The zero-order chi connectivity index (χ0) is 15.0. The largest absolute Gasteiger partial charge is 0.0648 e. The lowest BCUT2D eigenvalue weighted by molar-refractivity contribution is 0.733. The van der Waals surface area contributed by atoms with Crippen LogP contribution in [0.5, 0.6) is 0 Å². The van der Waals surface area contributed by atoms with Crippen LogP contribution in [0.3, 0.4) is 0 Å². The van der Waals surface area contributed by atoms with E-state index in [1.807, 2.05) is 0 Å². The highest BCUT2D eigenvalue weighted by Gasteiger charge is 2.00. The Labute approximate surface area is 124 Å². The summed E-state index contributed by atoms with van der Waals surface area (Å²) < 4.78 is 0. The van der Waals surface area contributed by atoms with Gasteiger partial charge in [-0.25, -0.2) is 0 Å². The third-order valence-corrected chi connectivity index (χ3v) is 3.75. The summed E-state index contributed by atoms with van der Waals surface area (Å²) in [6.07, 6.45) is 2.37. The highest BCUT2D eigenvalue weighted by molar-refractivity contribution is 5.24. The zero-order valence-electron chi connectivity index (χ0n) is 13.6. The second kappa shape index (κ2) is 8.58. The number of hydrogen-bond acceptors (Lipinski definition) is 0. The first-order chi connectivity index (χ1) is 9.56. The first-order valence-corrected chi connectivity index (χ1v) is 7.68. The summed E-state index contributed by atoms with van der Waals surface area (Å²) in [5.74, 6) is 0.704. The first kappa shape index (κ1) is 16.5. The molecule has 108 valence electrons. The minimum Gasteiger partial charge on any atom is -0.0648 e. The molecule has 1 unspecified atom stereocenters. The van der Waals surface area contributed by atoms with E-state index in [1.165, 1.54) is 28.7 Å². The van der Waals surface area contributed by atoms with Gasteiger partial charge in [-0.3, -0.25) is 0 Å². The van der Waals surface area contributed by atoms with Gasteiger partial charge in [-0.1, -0.05) is 80.4 Å². The molecule has 0 spiro atoms. The molecule has 0 saturated carbocycles. The van der Waals surface area contributed by atoms with Crippen LogP contribution in [0.1, 0.15) is 55.4 Å². The van der Waals surface area contributed by atoms with Crippen LogP contribution in [0.4, 0.5) is 0 Å². The molecular weight excluding hydrogens is 240 g/mol. The van der Waals surface area contributed by atoms with Crippen LogP contribution in [-0.2, 0) is 6.42 Å². The molecule has 0 aliphatic carbocycles. The summed E-state index contributed by atoms with van der Waals surface area (Å²) in [6, 6.07) is 17.4. The smallest absolute Gasteiger partial charge is 0.0193 e. The SMILES string of the molecule is CCC(C)c1ccc(C)cc1.CCc1cccc(C)c1. The van der Waals surface area contributed by atoms with Crippen LogP contribution >= 0.6 is 0 Å². The van der Waals surface area contributed by atoms with E-state index in [0.717, 1.165) is 6.42 Å². The van der Waals surface area contributed by atoms with Crippen molar-refractivity contribution >= 4 is 0 Å². The summed E-state index contributed by atoms with van der Waals surface area (Å²) in [4.78, 5) is 0. The summed E-state index contributed by atoms with van der Waals surface area (Å²) in [5, 5.41) is 0. The quantitative estimate of drug-likeness (QED) is 0.634. The van der Waals surface area contributed by atoms with E-state index in [4.69, 9.17) is 0 Å². The van der Waals surface area contributed by atoms with Crippen molar-refractivity contribution in [3.63, 3.8) is 0 Å². The highest BCUT2D eigenvalue weighted by Crippen LogP contribution is 2.18. The van der Waals surface area contributed by atoms with Gasteiger partial charge in [0.05, 0.1) is 0 Å². The van der Waals surface area contributed by atoms with Crippen molar-refractivity contribution in [2.24, 2.45) is 0 Å². The van der Waals surface area contributed by atoms with Crippen LogP contribution in [0, 0.1) is 13.8 Å². The van der Waals surface area contributed by atoms with Crippen molar-refractivity contribution in [1.82, 2.24) is 0 Å². The van der Waals surface area contributed by atoms with Crippen molar-refractivity contribution < 1.29 is 0 Å². The maximum atomic E-state index is 2.27. The Morgan fingerprint density at radius 2 is 1.50 bits per heavy atom. The number of benzene rings is 2. The van der Waals surface area contributed by atoms with Crippen molar-refractivity contribution in [2.75, 3.05) is 0 Å². The van der Waals surface area contributed by atoms with Crippen LogP contribution in [0.15, 0.2) is 48.5 Å². The number of rotatable bonds is 3. The first-order valence-electron chi connectivity index (χ1n) is 7.68. The molecule has 0 heteroatoms. The van der Waals surface area contributed by atoms with Crippen molar-refractivity contribution in [2.45, 2.75) is 53.4 Å². The van der Waals surface area contributed by atoms with Gasteiger partial charge >= 0.3 is 0 Å². The fourth-order valence-corrected chi connectivity index (χ4v) is 2.06. The summed E-state index contributed by atoms with van der Waals surface area (Å²) in [7, 11) is 0. The molecule has 0 aromatic heterocycles. The molecule has 0 nitrogen and oxygen atoms in total. The molecule has 2 aromatic rings.